The van der Waals surface area contributed by atoms with Crippen LogP contribution in [0.4, 0.5) is 0 Å². The average molecular weight is 424 g/mol. The summed E-state index contributed by atoms with van der Waals surface area (Å²) in [6, 6.07) is 5.12. The van der Waals surface area contributed by atoms with Gasteiger partial charge in [0, 0.05) is 23.7 Å². The Morgan fingerprint density at radius 3 is 2.67 bits per heavy atom. The smallest absolute Gasteiger partial charge is 0.171 e. The number of benzene rings is 1. The molecule has 0 saturated heterocycles. The van der Waals surface area contributed by atoms with Gasteiger partial charge in [-0.3, -0.25) is 4.98 Å². The molecule has 0 aliphatic carbocycles. The highest BCUT2D eigenvalue weighted by Gasteiger charge is 2.17. The van der Waals surface area contributed by atoms with Crippen molar-refractivity contribution in [1.29, 1.82) is 0 Å². The summed E-state index contributed by atoms with van der Waals surface area (Å²) in [5.74, 6) is 1.65. The van der Waals surface area contributed by atoms with Gasteiger partial charge < -0.3 is 9.12 Å². The van der Waals surface area contributed by atoms with Crippen molar-refractivity contribution in [2.75, 3.05) is 5.75 Å². The monoisotopic (exact) mass is 423 g/mol. The fourth-order valence-corrected chi connectivity index (χ4v) is 5.06. The Hall–Kier alpha value is -1.27. The highest BCUT2D eigenvalue weighted by Crippen LogP contribution is 2.27. The first kappa shape index (κ1) is 20.5. The lowest BCUT2D eigenvalue weighted by Crippen LogP contribution is -2.10. The van der Waals surface area contributed by atoms with Crippen LogP contribution in [-0.2, 0) is 24.1 Å². The molecule has 0 spiro atoms. The van der Waals surface area contributed by atoms with Crippen LogP contribution in [0.15, 0.2) is 29.3 Å². The van der Waals surface area contributed by atoms with Crippen LogP contribution < -0.4 is 0 Å². The maximum Gasteiger partial charge on any atom is 0.171 e. The summed E-state index contributed by atoms with van der Waals surface area (Å²) in [4.78, 5) is 9.80. The van der Waals surface area contributed by atoms with E-state index in [-0.39, 0.29) is 0 Å². The average Bonchev–Trinajstić information content (AvgIpc) is 3.00. The molecule has 0 aliphatic heterocycles. The van der Waals surface area contributed by atoms with Gasteiger partial charge in [-0.25, -0.2) is 4.98 Å². The maximum absolute atomic E-state index is 12.5. The SMILES string of the molecule is CCc1nc2cnc(C)c(C)c2n1CCCC[S+]([O-])c1ccc(Cl)cc1Cl. The number of unbranched alkanes of at least 4 members (excludes halogenated alkanes) is 1. The van der Waals surface area contributed by atoms with Gasteiger partial charge in [-0.1, -0.05) is 30.1 Å². The number of nitrogens with zero attached hydrogens (tertiary/aromatic N) is 3. The Kier molecular flexibility index (Phi) is 6.69. The largest absolute Gasteiger partial charge is 0.611 e. The van der Waals surface area contributed by atoms with E-state index in [9.17, 15) is 4.55 Å². The Labute approximate surface area is 173 Å². The van der Waals surface area contributed by atoms with Gasteiger partial charge in [-0.15, -0.1) is 0 Å². The van der Waals surface area contributed by atoms with E-state index in [0.29, 0.717) is 20.7 Å². The van der Waals surface area contributed by atoms with Crippen LogP contribution in [0.2, 0.25) is 10.0 Å². The van der Waals surface area contributed by atoms with Crippen LogP contribution >= 0.6 is 23.2 Å². The van der Waals surface area contributed by atoms with Gasteiger partial charge in [-0.2, -0.15) is 0 Å². The second kappa shape index (κ2) is 8.82. The quantitative estimate of drug-likeness (QED) is 0.372. The number of imidazole rings is 1. The van der Waals surface area contributed by atoms with Gasteiger partial charge in [0.2, 0.25) is 0 Å². The van der Waals surface area contributed by atoms with Gasteiger partial charge in [0.15, 0.2) is 4.90 Å². The Balaban J connectivity index is 1.68. The number of aryl methyl sites for hydroxylation is 4. The number of rotatable bonds is 7. The first-order valence-electron chi connectivity index (χ1n) is 9.07. The zero-order valence-corrected chi connectivity index (χ0v) is 18.1. The Bertz CT molecular complexity index is 958. The standard InChI is InChI=1S/C20H23Cl2N3OS/c1-4-19-24-17-12-23-14(3)13(2)20(17)25(19)9-5-6-10-27(26)18-8-7-15(21)11-16(18)22/h7-8,11-12H,4-6,9-10H2,1-3H3. The molecule has 144 valence electrons. The second-order valence-electron chi connectivity index (χ2n) is 6.57. The van der Waals surface area contributed by atoms with E-state index in [4.69, 9.17) is 28.2 Å². The van der Waals surface area contributed by atoms with Gasteiger partial charge in [0.25, 0.3) is 0 Å². The summed E-state index contributed by atoms with van der Waals surface area (Å²) in [6.45, 7) is 7.09. The van der Waals surface area contributed by atoms with Crippen LogP contribution in [0.3, 0.4) is 0 Å². The molecule has 0 radical (unpaired) electrons. The van der Waals surface area contributed by atoms with E-state index in [2.05, 4.69) is 23.4 Å². The van der Waals surface area contributed by atoms with Crippen LogP contribution in [-0.4, -0.2) is 24.8 Å². The first-order chi connectivity index (χ1) is 12.9. The lowest BCUT2D eigenvalue weighted by Gasteiger charge is -2.13. The number of hydrogen-bond acceptors (Lipinski definition) is 3. The predicted octanol–water partition coefficient (Wildman–Crippen LogP) is 5.51. The minimum absolute atomic E-state index is 0.466. The van der Waals surface area contributed by atoms with Crippen molar-refractivity contribution in [2.24, 2.45) is 0 Å². The van der Waals surface area contributed by atoms with Crippen molar-refractivity contribution in [1.82, 2.24) is 14.5 Å². The molecule has 2 heterocycles. The van der Waals surface area contributed by atoms with E-state index in [1.165, 1.54) is 11.1 Å². The normalized spacial score (nSPS) is 12.7. The summed E-state index contributed by atoms with van der Waals surface area (Å²) in [5.41, 5.74) is 4.33. The van der Waals surface area contributed by atoms with Crippen molar-refractivity contribution in [2.45, 2.75) is 51.5 Å². The molecule has 0 saturated carbocycles. The lowest BCUT2D eigenvalue weighted by molar-refractivity contribution is 0.580. The summed E-state index contributed by atoms with van der Waals surface area (Å²) in [5, 5.41) is 1.02. The molecule has 1 atom stereocenters. The molecule has 3 rings (SSSR count). The summed E-state index contributed by atoms with van der Waals surface area (Å²) < 4.78 is 14.8. The fourth-order valence-electron chi connectivity index (χ4n) is 3.21. The van der Waals surface area contributed by atoms with Crippen molar-refractivity contribution < 1.29 is 4.55 Å². The topological polar surface area (TPSA) is 53.8 Å². The zero-order valence-electron chi connectivity index (χ0n) is 15.8. The number of halogens is 2. The summed E-state index contributed by atoms with van der Waals surface area (Å²) in [7, 11) is 0. The molecule has 0 N–H and O–H groups in total. The molecule has 0 amide bonds. The Morgan fingerprint density at radius 2 is 1.96 bits per heavy atom. The third kappa shape index (κ3) is 4.43. The number of pyridine rings is 1. The molecule has 0 aliphatic rings. The highest BCUT2D eigenvalue weighted by atomic mass is 35.5. The molecule has 7 heteroatoms. The van der Waals surface area contributed by atoms with E-state index >= 15 is 0 Å². The molecule has 27 heavy (non-hydrogen) atoms. The van der Waals surface area contributed by atoms with E-state index in [1.807, 2.05) is 13.1 Å². The van der Waals surface area contributed by atoms with Crippen LogP contribution in [0.1, 0.15) is 36.8 Å². The molecule has 0 bridgehead atoms. The molecule has 2 aromatic heterocycles. The van der Waals surface area contributed by atoms with E-state index in [0.717, 1.165) is 42.8 Å². The zero-order chi connectivity index (χ0) is 19.6. The minimum Gasteiger partial charge on any atom is -0.611 e. The fraction of sp³-hybridized carbons (Fsp3) is 0.400. The second-order valence-corrected chi connectivity index (χ2v) is 8.95. The number of aromatic nitrogens is 3. The van der Waals surface area contributed by atoms with E-state index < -0.39 is 11.2 Å². The van der Waals surface area contributed by atoms with Gasteiger partial charge >= 0.3 is 0 Å². The lowest BCUT2D eigenvalue weighted by atomic mass is 10.2. The molecule has 1 unspecified atom stereocenters. The third-order valence-electron chi connectivity index (χ3n) is 4.77. The van der Waals surface area contributed by atoms with Gasteiger partial charge in [0.05, 0.1) is 16.7 Å². The molecular formula is C20H23Cl2N3OS. The molecule has 4 nitrogen and oxygen atoms in total. The van der Waals surface area contributed by atoms with Crippen molar-refractivity contribution in [3.63, 3.8) is 0 Å². The van der Waals surface area contributed by atoms with Crippen LogP contribution in [0.5, 0.6) is 0 Å². The van der Waals surface area contributed by atoms with Crippen LogP contribution in [0.25, 0.3) is 11.0 Å². The maximum atomic E-state index is 12.5. The molecule has 1 aromatic carbocycles. The van der Waals surface area contributed by atoms with E-state index in [1.54, 1.807) is 18.2 Å². The first-order valence-corrected chi connectivity index (χ1v) is 11.1. The molecular weight excluding hydrogens is 401 g/mol. The van der Waals surface area contributed by atoms with Gasteiger partial charge in [0.1, 0.15) is 17.1 Å². The summed E-state index contributed by atoms with van der Waals surface area (Å²) in [6.07, 6.45) is 4.50. The predicted molar refractivity (Wildman–Crippen MR) is 113 cm³/mol. The van der Waals surface area contributed by atoms with Crippen LogP contribution in [0, 0.1) is 13.8 Å². The minimum atomic E-state index is -1.12. The third-order valence-corrected chi connectivity index (χ3v) is 6.93. The Morgan fingerprint density at radius 1 is 1.19 bits per heavy atom. The molecule has 0 fully saturated rings. The molecule has 3 aromatic rings. The summed E-state index contributed by atoms with van der Waals surface area (Å²) >= 11 is 10.9. The van der Waals surface area contributed by atoms with Crippen molar-refractivity contribution in [3.05, 3.63) is 51.5 Å². The van der Waals surface area contributed by atoms with Crippen molar-refractivity contribution in [3.8, 4) is 0 Å². The van der Waals surface area contributed by atoms with Gasteiger partial charge in [-0.05, 0) is 61.6 Å². The number of hydrogen-bond donors (Lipinski definition) is 0. The number of fused-ring (bicyclic) bond motifs is 1. The van der Waals surface area contributed by atoms with Crippen molar-refractivity contribution >= 4 is 45.4 Å². The highest BCUT2D eigenvalue weighted by molar-refractivity contribution is 7.91.